The van der Waals surface area contributed by atoms with Crippen LogP contribution in [0, 0.1) is 0 Å². The number of carbonyl (C=O) groups excluding carboxylic acids is 2. The van der Waals surface area contributed by atoms with E-state index in [0.717, 1.165) is 12.8 Å². The standard InChI is InChI=1S/C11H21N3O3/c1-3-5-14(7-10(15)12-2)11(16)13-9-4-6-17-8-9/h9H,3-8H2,1-2H3,(H,12,15)(H,13,16). The van der Waals surface area contributed by atoms with Gasteiger partial charge >= 0.3 is 6.03 Å². The van der Waals surface area contributed by atoms with E-state index in [-0.39, 0.29) is 24.5 Å². The maximum absolute atomic E-state index is 11.9. The molecule has 0 radical (unpaired) electrons. The van der Waals surface area contributed by atoms with Crippen molar-refractivity contribution in [2.75, 3.05) is 33.4 Å². The summed E-state index contributed by atoms with van der Waals surface area (Å²) in [6.45, 7) is 3.90. The normalized spacial score (nSPS) is 18.8. The summed E-state index contributed by atoms with van der Waals surface area (Å²) in [6.07, 6.45) is 1.66. The average Bonchev–Trinajstić information content (AvgIpc) is 2.81. The van der Waals surface area contributed by atoms with Gasteiger partial charge in [-0.2, -0.15) is 0 Å². The third-order valence-electron chi connectivity index (χ3n) is 2.65. The average molecular weight is 243 g/mol. The summed E-state index contributed by atoms with van der Waals surface area (Å²) in [6, 6.07) is -0.113. The minimum absolute atomic E-state index is 0.0755. The minimum atomic E-state index is -0.189. The molecule has 1 aliphatic rings. The summed E-state index contributed by atoms with van der Waals surface area (Å²) in [5.41, 5.74) is 0. The van der Waals surface area contributed by atoms with E-state index in [4.69, 9.17) is 4.74 Å². The van der Waals surface area contributed by atoms with Crippen molar-refractivity contribution >= 4 is 11.9 Å². The van der Waals surface area contributed by atoms with Gasteiger partial charge in [-0.3, -0.25) is 4.79 Å². The summed E-state index contributed by atoms with van der Waals surface area (Å²) < 4.78 is 5.19. The van der Waals surface area contributed by atoms with E-state index in [9.17, 15) is 9.59 Å². The Morgan fingerprint density at radius 2 is 2.24 bits per heavy atom. The SMILES string of the molecule is CCCN(CC(=O)NC)C(=O)NC1CCOC1. The van der Waals surface area contributed by atoms with Crippen LogP contribution in [0.25, 0.3) is 0 Å². The van der Waals surface area contributed by atoms with Crippen molar-refractivity contribution in [3.63, 3.8) is 0 Å². The highest BCUT2D eigenvalue weighted by Crippen LogP contribution is 2.04. The molecule has 1 fully saturated rings. The second-order valence-electron chi connectivity index (χ2n) is 4.10. The lowest BCUT2D eigenvalue weighted by Gasteiger charge is -2.23. The summed E-state index contributed by atoms with van der Waals surface area (Å²) in [7, 11) is 1.56. The van der Waals surface area contributed by atoms with Crippen molar-refractivity contribution in [2.45, 2.75) is 25.8 Å². The van der Waals surface area contributed by atoms with Crippen LogP contribution in [0.4, 0.5) is 4.79 Å². The van der Waals surface area contributed by atoms with Gasteiger partial charge in [-0.15, -0.1) is 0 Å². The molecule has 1 unspecified atom stereocenters. The number of nitrogens with one attached hydrogen (secondary N) is 2. The van der Waals surface area contributed by atoms with Gasteiger partial charge in [0.2, 0.25) is 5.91 Å². The molecule has 2 N–H and O–H groups in total. The zero-order valence-electron chi connectivity index (χ0n) is 10.5. The fourth-order valence-electron chi connectivity index (χ4n) is 1.69. The number of urea groups is 1. The molecule has 3 amide bonds. The molecule has 1 saturated heterocycles. The van der Waals surface area contributed by atoms with E-state index in [1.54, 1.807) is 7.05 Å². The molecule has 6 nitrogen and oxygen atoms in total. The van der Waals surface area contributed by atoms with E-state index in [0.29, 0.717) is 19.8 Å². The number of ether oxygens (including phenoxy) is 1. The molecule has 17 heavy (non-hydrogen) atoms. The fraction of sp³-hybridized carbons (Fsp3) is 0.818. The summed E-state index contributed by atoms with van der Waals surface area (Å²) >= 11 is 0. The number of rotatable bonds is 5. The smallest absolute Gasteiger partial charge is 0.318 e. The zero-order chi connectivity index (χ0) is 12.7. The van der Waals surface area contributed by atoms with Crippen LogP contribution in [-0.2, 0) is 9.53 Å². The zero-order valence-corrected chi connectivity index (χ0v) is 10.5. The van der Waals surface area contributed by atoms with Gasteiger partial charge in [-0.05, 0) is 12.8 Å². The first-order valence-corrected chi connectivity index (χ1v) is 6.01. The molecule has 6 heteroatoms. The molecule has 0 bridgehead atoms. The largest absolute Gasteiger partial charge is 0.379 e. The fourth-order valence-corrected chi connectivity index (χ4v) is 1.69. The lowest BCUT2D eigenvalue weighted by atomic mass is 10.3. The number of nitrogens with zero attached hydrogens (tertiary/aromatic N) is 1. The molecule has 1 aliphatic heterocycles. The van der Waals surface area contributed by atoms with Crippen LogP contribution in [0.5, 0.6) is 0 Å². The van der Waals surface area contributed by atoms with Crippen LogP contribution in [0.3, 0.4) is 0 Å². The number of likely N-dealkylation sites (N-methyl/N-ethyl adjacent to an activating group) is 1. The molecule has 1 atom stereocenters. The third kappa shape index (κ3) is 4.60. The molecule has 98 valence electrons. The van der Waals surface area contributed by atoms with Gasteiger partial charge in [0.05, 0.1) is 12.6 Å². The van der Waals surface area contributed by atoms with E-state index >= 15 is 0 Å². The van der Waals surface area contributed by atoms with Gasteiger partial charge < -0.3 is 20.3 Å². The molecular formula is C11H21N3O3. The lowest BCUT2D eigenvalue weighted by molar-refractivity contribution is -0.121. The number of carbonyl (C=O) groups is 2. The van der Waals surface area contributed by atoms with Gasteiger partial charge in [-0.25, -0.2) is 4.79 Å². The van der Waals surface area contributed by atoms with Crippen LogP contribution in [0.15, 0.2) is 0 Å². The molecular weight excluding hydrogens is 222 g/mol. The topological polar surface area (TPSA) is 70.7 Å². The Hall–Kier alpha value is -1.30. The first kappa shape index (κ1) is 13.8. The van der Waals surface area contributed by atoms with Crippen LogP contribution >= 0.6 is 0 Å². The molecule has 0 spiro atoms. The second kappa shape index (κ2) is 7.11. The highest BCUT2D eigenvalue weighted by atomic mass is 16.5. The summed E-state index contributed by atoms with van der Waals surface area (Å²) in [5, 5.41) is 5.39. The predicted molar refractivity (Wildman–Crippen MR) is 63.7 cm³/mol. The Labute approximate surface area is 102 Å². The van der Waals surface area contributed by atoms with Crippen LogP contribution < -0.4 is 10.6 Å². The first-order valence-electron chi connectivity index (χ1n) is 6.01. The molecule has 0 aliphatic carbocycles. The molecule has 0 aromatic rings. The van der Waals surface area contributed by atoms with Gasteiger partial charge in [0.1, 0.15) is 6.54 Å². The third-order valence-corrected chi connectivity index (χ3v) is 2.65. The molecule has 0 saturated carbocycles. The molecule has 1 heterocycles. The number of hydrogen-bond acceptors (Lipinski definition) is 3. The van der Waals surface area contributed by atoms with Crippen molar-refractivity contribution in [3.8, 4) is 0 Å². The summed E-state index contributed by atoms with van der Waals surface area (Å²) in [4.78, 5) is 24.7. The van der Waals surface area contributed by atoms with Gasteiger partial charge in [0.25, 0.3) is 0 Å². The highest BCUT2D eigenvalue weighted by Gasteiger charge is 2.22. The van der Waals surface area contributed by atoms with Gasteiger partial charge in [0, 0.05) is 20.2 Å². The minimum Gasteiger partial charge on any atom is -0.379 e. The second-order valence-corrected chi connectivity index (χ2v) is 4.10. The Kier molecular flexibility index (Phi) is 5.76. The van der Waals surface area contributed by atoms with E-state index < -0.39 is 0 Å². The molecule has 0 aromatic carbocycles. The quantitative estimate of drug-likeness (QED) is 0.711. The van der Waals surface area contributed by atoms with Crippen molar-refractivity contribution < 1.29 is 14.3 Å². The van der Waals surface area contributed by atoms with Gasteiger partial charge in [0.15, 0.2) is 0 Å². The van der Waals surface area contributed by atoms with E-state index in [2.05, 4.69) is 10.6 Å². The maximum atomic E-state index is 11.9. The van der Waals surface area contributed by atoms with Crippen LogP contribution in [0.2, 0.25) is 0 Å². The predicted octanol–water partition coefficient (Wildman–Crippen LogP) is -0.0571. The van der Waals surface area contributed by atoms with Crippen LogP contribution in [-0.4, -0.2) is 56.2 Å². The van der Waals surface area contributed by atoms with E-state index in [1.807, 2.05) is 6.92 Å². The highest BCUT2D eigenvalue weighted by molar-refractivity contribution is 5.83. The Morgan fingerprint density at radius 1 is 1.47 bits per heavy atom. The molecule has 0 aromatic heterocycles. The van der Waals surface area contributed by atoms with Crippen molar-refractivity contribution in [3.05, 3.63) is 0 Å². The Morgan fingerprint density at radius 3 is 2.76 bits per heavy atom. The summed E-state index contributed by atoms with van der Waals surface area (Å²) in [5.74, 6) is -0.156. The number of hydrogen-bond donors (Lipinski definition) is 2. The Bertz CT molecular complexity index is 265. The van der Waals surface area contributed by atoms with Crippen LogP contribution in [0.1, 0.15) is 19.8 Å². The monoisotopic (exact) mass is 243 g/mol. The lowest BCUT2D eigenvalue weighted by Crippen LogP contribution is -2.48. The maximum Gasteiger partial charge on any atom is 0.318 e. The van der Waals surface area contributed by atoms with Crippen molar-refractivity contribution in [1.29, 1.82) is 0 Å². The number of amides is 3. The Balaban J connectivity index is 2.43. The molecule has 1 rings (SSSR count). The first-order chi connectivity index (χ1) is 8.17. The van der Waals surface area contributed by atoms with Gasteiger partial charge in [-0.1, -0.05) is 6.92 Å². The van der Waals surface area contributed by atoms with E-state index in [1.165, 1.54) is 4.90 Å². The van der Waals surface area contributed by atoms with Crippen molar-refractivity contribution in [2.24, 2.45) is 0 Å². The van der Waals surface area contributed by atoms with Crippen molar-refractivity contribution in [1.82, 2.24) is 15.5 Å².